The summed E-state index contributed by atoms with van der Waals surface area (Å²) in [6.07, 6.45) is 1.24. The van der Waals surface area contributed by atoms with E-state index in [-0.39, 0.29) is 17.8 Å². The van der Waals surface area contributed by atoms with E-state index < -0.39 is 0 Å². The smallest absolute Gasteiger partial charge is 0.309 e. The number of rotatable bonds is 5. The lowest BCUT2D eigenvalue weighted by atomic mass is 9.96. The third kappa shape index (κ3) is 3.80. The van der Waals surface area contributed by atoms with Gasteiger partial charge in [0.05, 0.1) is 32.3 Å². The Kier molecular flexibility index (Phi) is 6.06. The molecule has 0 saturated carbocycles. The molecule has 0 N–H and O–H groups in total. The van der Waals surface area contributed by atoms with Gasteiger partial charge in [0.2, 0.25) is 0 Å². The second-order valence-electron chi connectivity index (χ2n) is 5.84. The molecule has 6 nitrogen and oxygen atoms in total. The quantitative estimate of drug-likeness (QED) is 0.773. The van der Waals surface area contributed by atoms with Gasteiger partial charge in [-0.3, -0.25) is 9.59 Å². The third-order valence-corrected chi connectivity index (χ3v) is 4.35. The molecule has 0 aliphatic carbocycles. The van der Waals surface area contributed by atoms with Gasteiger partial charge < -0.3 is 19.1 Å². The number of hydrogen-bond acceptors (Lipinski definition) is 5. The van der Waals surface area contributed by atoms with E-state index >= 15 is 0 Å². The van der Waals surface area contributed by atoms with Crippen molar-refractivity contribution in [3.05, 3.63) is 23.3 Å². The molecule has 132 valence electrons. The first-order valence-electron chi connectivity index (χ1n) is 8.20. The molecule has 0 radical (unpaired) electrons. The van der Waals surface area contributed by atoms with Crippen LogP contribution >= 0.6 is 0 Å². The Labute approximate surface area is 142 Å². The molecule has 24 heavy (non-hydrogen) atoms. The highest BCUT2D eigenvalue weighted by atomic mass is 16.5. The second-order valence-corrected chi connectivity index (χ2v) is 5.84. The number of carbonyl (C=O) groups is 2. The number of methoxy groups -OCH3 is 2. The fourth-order valence-corrected chi connectivity index (χ4v) is 2.97. The molecule has 0 bridgehead atoms. The summed E-state index contributed by atoms with van der Waals surface area (Å²) in [5.41, 5.74) is 1.39. The van der Waals surface area contributed by atoms with E-state index in [9.17, 15) is 9.59 Å². The Bertz CT molecular complexity index is 606. The molecule has 1 aliphatic rings. The largest absolute Gasteiger partial charge is 0.496 e. The van der Waals surface area contributed by atoms with E-state index in [1.54, 1.807) is 38.2 Å². The molecular weight excluding hydrogens is 310 g/mol. The normalized spacial score (nSPS) is 15.1. The van der Waals surface area contributed by atoms with Crippen molar-refractivity contribution in [2.24, 2.45) is 5.92 Å². The number of hydrogen-bond donors (Lipinski definition) is 0. The van der Waals surface area contributed by atoms with Gasteiger partial charge in [0, 0.05) is 13.1 Å². The number of benzene rings is 1. The Morgan fingerprint density at radius 1 is 1.12 bits per heavy atom. The van der Waals surface area contributed by atoms with Crippen LogP contribution in [-0.4, -0.2) is 50.7 Å². The summed E-state index contributed by atoms with van der Waals surface area (Å²) >= 11 is 0. The Balaban J connectivity index is 2.12. The first-order chi connectivity index (χ1) is 11.5. The number of likely N-dealkylation sites (tertiary alicyclic amines) is 1. The third-order valence-electron chi connectivity index (χ3n) is 4.35. The Morgan fingerprint density at radius 3 is 2.29 bits per heavy atom. The molecule has 1 aromatic carbocycles. The lowest BCUT2D eigenvalue weighted by molar-refractivity contribution is -0.149. The summed E-state index contributed by atoms with van der Waals surface area (Å²) in [6.45, 7) is 5.15. The first kappa shape index (κ1) is 18.1. The molecule has 1 aliphatic heterocycles. The van der Waals surface area contributed by atoms with E-state index in [0.29, 0.717) is 49.6 Å². The lowest BCUT2D eigenvalue weighted by Crippen LogP contribution is -2.40. The molecule has 1 saturated heterocycles. The van der Waals surface area contributed by atoms with Crippen LogP contribution in [0.15, 0.2) is 12.1 Å². The van der Waals surface area contributed by atoms with Gasteiger partial charge in [0.25, 0.3) is 5.91 Å². The molecule has 0 spiro atoms. The zero-order valence-electron chi connectivity index (χ0n) is 14.8. The number of esters is 1. The van der Waals surface area contributed by atoms with Gasteiger partial charge >= 0.3 is 5.97 Å². The Hall–Kier alpha value is -2.24. The summed E-state index contributed by atoms with van der Waals surface area (Å²) in [5.74, 6) is 0.793. The van der Waals surface area contributed by atoms with Crippen LogP contribution in [0.3, 0.4) is 0 Å². The minimum atomic E-state index is -0.167. The number of aryl methyl sites for hydroxylation is 1. The number of nitrogens with zero attached hydrogens (tertiary/aromatic N) is 1. The lowest BCUT2D eigenvalue weighted by Gasteiger charge is -2.31. The van der Waals surface area contributed by atoms with Crippen LogP contribution in [0.1, 0.15) is 35.7 Å². The maximum Gasteiger partial charge on any atom is 0.309 e. The SMILES string of the molecule is CCOC(=O)C1CCN(C(=O)c2cc(OC)c(C)cc2OC)CC1. The maximum atomic E-state index is 12.8. The van der Waals surface area contributed by atoms with E-state index in [4.69, 9.17) is 14.2 Å². The monoisotopic (exact) mass is 335 g/mol. The minimum absolute atomic E-state index is 0.104. The summed E-state index contributed by atoms with van der Waals surface area (Å²) in [7, 11) is 3.12. The van der Waals surface area contributed by atoms with E-state index in [1.165, 1.54) is 0 Å². The molecule has 1 aromatic rings. The van der Waals surface area contributed by atoms with E-state index in [0.717, 1.165) is 5.56 Å². The van der Waals surface area contributed by atoms with Crippen LogP contribution in [-0.2, 0) is 9.53 Å². The summed E-state index contributed by atoms with van der Waals surface area (Å²) in [6, 6.07) is 3.52. The number of piperidine rings is 1. The van der Waals surface area contributed by atoms with Gasteiger partial charge in [-0.25, -0.2) is 0 Å². The van der Waals surface area contributed by atoms with Crippen molar-refractivity contribution >= 4 is 11.9 Å². The molecule has 1 heterocycles. The fraction of sp³-hybridized carbons (Fsp3) is 0.556. The molecule has 6 heteroatoms. The van der Waals surface area contributed by atoms with Crippen molar-refractivity contribution in [1.82, 2.24) is 4.90 Å². The van der Waals surface area contributed by atoms with Crippen LogP contribution in [0, 0.1) is 12.8 Å². The van der Waals surface area contributed by atoms with Gasteiger partial charge in [-0.15, -0.1) is 0 Å². The molecule has 1 amide bonds. The zero-order chi connectivity index (χ0) is 17.7. The van der Waals surface area contributed by atoms with Crippen LogP contribution < -0.4 is 9.47 Å². The van der Waals surface area contributed by atoms with Crippen LogP contribution in [0.25, 0.3) is 0 Å². The maximum absolute atomic E-state index is 12.8. The van der Waals surface area contributed by atoms with Crippen molar-refractivity contribution < 1.29 is 23.8 Å². The standard InChI is InChI=1S/C18H25NO5/c1-5-24-18(21)13-6-8-19(9-7-13)17(20)14-11-15(22-3)12(2)10-16(14)23-4/h10-11,13H,5-9H2,1-4H3. The van der Waals surface area contributed by atoms with Crippen LogP contribution in [0.4, 0.5) is 0 Å². The number of carbonyl (C=O) groups excluding carboxylic acids is 2. The van der Waals surface area contributed by atoms with Crippen molar-refractivity contribution in [2.45, 2.75) is 26.7 Å². The molecule has 2 rings (SSSR count). The van der Waals surface area contributed by atoms with E-state index in [1.807, 2.05) is 6.92 Å². The predicted molar refractivity (Wildman–Crippen MR) is 89.5 cm³/mol. The molecular formula is C18H25NO5. The molecule has 0 unspecified atom stereocenters. The highest BCUT2D eigenvalue weighted by Crippen LogP contribution is 2.30. The summed E-state index contributed by atoms with van der Waals surface area (Å²) in [5, 5.41) is 0. The number of amides is 1. The molecule has 0 atom stereocenters. The molecule has 0 aromatic heterocycles. The van der Waals surface area contributed by atoms with Gasteiger partial charge in [0.1, 0.15) is 11.5 Å². The van der Waals surface area contributed by atoms with Gasteiger partial charge in [0.15, 0.2) is 0 Å². The van der Waals surface area contributed by atoms with Crippen molar-refractivity contribution in [2.75, 3.05) is 33.9 Å². The predicted octanol–water partition coefficient (Wildman–Crippen LogP) is 2.43. The first-order valence-corrected chi connectivity index (χ1v) is 8.20. The topological polar surface area (TPSA) is 65.1 Å². The summed E-state index contributed by atoms with van der Waals surface area (Å²) < 4.78 is 15.7. The van der Waals surface area contributed by atoms with Crippen molar-refractivity contribution in [3.8, 4) is 11.5 Å². The zero-order valence-corrected chi connectivity index (χ0v) is 14.8. The molecule has 1 fully saturated rings. The van der Waals surface area contributed by atoms with E-state index in [2.05, 4.69) is 0 Å². The second kappa shape index (κ2) is 8.04. The van der Waals surface area contributed by atoms with Gasteiger partial charge in [-0.1, -0.05) is 0 Å². The summed E-state index contributed by atoms with van der Waals surface area (Å²) in [4.78, 5) is 26.4. The average Bonchev–Trinajstić information content (AvgIpc) is 2.61. The van der Waals surface area contributed by atoms with Gasteiger partial charge in [-0.05, 0) is 44.4 Å². The number of ether oxygens (including phenoxy) is 3. The fourth-order valence-electron chi connectivity index (χ4n) is 2.97. The Morgan fingerprint density at radius 2 is 1.75 bits per heavy atom. The highest BCUT2D eigenvalue weighted by molar-refractivity contribution is 5.97. The highest BCUT2D eigenvalue weighted by Gasteiger charge is 2.30. The van der Waals surface area contributed by atoms with Crippen LogP contribution in [0.5, 0.6) is 11.5 Å². The van der Waals surface area contributed by atoms with Gasteiger partial charge in [-0.2, -0.15) is 0 Å². The average molecular weight is 335 g/mol. The van der Waals surface area contributed by atoms with Crippen LogP contribution in [0.2, 0.25) is 0 Å². The minimum Gasteiger partial charge on any atom is -0.496 e. The van der Waals surface area contributed by atoms with Crippen molar-refractivity contribution in [1.29, 1.82) is 0 Å². The van der Waals surface area contributed by atoms with Crippen molar-refractivity contribution in [3.63, 3.8) is 0 Å².